The largest absolute Gasteiger partial charge is 0.310 e. The van der Waals surface area contributed by atoms with Crippen LogP contribution in [0.3, 0.4) is 0 Å². The Kier molecular flexibility index (Phi) is 5.71. The first-order chi connectivity index (χ1) is 8.75. The van der Waals surface area contributed by atoms with Gasteiger partial charge in [0.1, 0.15) is 0 Å². The molecule has 1 aliphatic rings. The highest BCUT2D eigenvalue weighted by molar-refractivity contribution is 9.10. The average molecular weight is 310 g/mol. The van der Waals surface area contributed by atoms with Crippen LogP contribution in [0.25, 0.3) is 0 Å². The van der Waals surface area contributed by atoms with Gasteiger partial charge in [0.05, 0.1) is 0 Å². The van der Waals surface area contributed by atoms with Crippen LogP contribution in [0, 0.1) is 5.92 Å². The highest BCUT2D eigenvalue weighted by Gasteiger charge is 2.13. The lowest BCUT2D eigenvalue weighted by Crippen LogP contribution is -2.25. The summed E-state index contributed by atoms with van der Waals surface area (Å²) in [7, 11) is 0. The normalized spacial score (nSPS) is 19.4. The summed E-state index contributed by atoms with van der Waals surface area (Å²) in [6, 6.07) is 9.07. The number of hydrogen-bond acceptors (Lipinski definition) is 1. The lowest BCUT2D eigenvalue weighted by atomic mass is 9.99. The monoisotopic (exact) mass is 309 g/mol. The molecule has 18 heavy (non-hydrogen) atoms. The molecule has 2 rings (SSSR count). The molecule has 0 saturated heterocycles. The summed E-state index contributed by atoms with van der Waals surface area (Å²) in [5.41, 5.74) is 1.37. The lowest BCUT2D eigenvalue weighted by molar-refractivity contribution is 0.403. The molecule has 1 aliphatic carbocycles. The number of rotatable bonds is 4. The minimum Gasteiger partial charge on any atom is -0.310 e. The van der Waals surface area contributed by atoms with Crippen LogP contribution in [0.1, 0.15) is 57.1 Å². The lowest BCUT2D eigenvalue weighted by Gasteiger charge is -2.20. The van der Waals surface area contributed by atoms with Crippen molar-refractivity contribution in [1.29, 1.82) is 0 Å². The van der Waals surface area contributed by atoms with Gasteiger partial charge in [-0.05, 0) is 49.9 Å². The van der Waals surface area contributed by atoms with Gasteiger partial charge in [0, 0.05) is 10.5 Å². The first-order valence-electron chi connectivity index (χ1n) is 7.24. The van der Waals surface area contributed by atoms with E-state index in [1.807, 2.05) is 0 Å². The molecule has 1 aromatic carbocycles. The fourth-order valence-corrected chi connectivity index (χ4v) is 3.22. The molecule has 1 fully saturated rings. The van der Waals surface area contributed by atoms with Gasteiger partial charge in [-0.1, -0.05) is 53.7 Å². The van der Waals surface area contributed by atoms with Gasteiger partial charge >= 0.3 is 0 Å². The molecule has 0 heterocycles. The standard InChI is InChI=1S/C16H24BrN/c1-13(15-9-6-10-16(17)11-15)18-12-14-7-4-2-3-5-8-14/h6,9-11,13-14,18H,2-5,7-8,12H2,1H3/t13-/m1/s1. The third-order valence-electron chi connectivity index (χ3n) is 4.04. The van der Waals surface area contributed by atoms with Crippen molar-refractivity contribution < 1.29 is 0 Å². The molecule has 0 radical (unpaired) electrons. The van der Waals surface area contributed by atoms with Crippen molar-refractivity contribution in [2.75, 3.05) is 6.54 Å². The second-order valence-corrected chi connectivity index (χ2v) is 6.46. The zero-order chi connectivity index (χ0) is 12.8. The second kappa shape index (κ2) is 7.30. The third-order valence-corrected chi connectivity index (χ3v) is 4.53. The van der Waals surface area contributed by atoms with E-state index in [4.69, 9.17) is 0 Å². The molecule has 1 aromatic rings. The predicted octanol–water partition coefficient (Wildman–Crippen LogP) is 5.07. The summed E-state index contributed by atoms with van der Waals surface area (Å²) in [6.45, 7) is 3.44. The smallest absolute Gasteiger partial charge is 0.0292 e. The van der Waals surface area contributed by atoms with Crippen LogP contribution < -0.4 is 5.32 Å². The summed E-state index contributed by atoms with van der Waals surface area (Å²) in [6.07, 6.45) is 8.57. The zero-order valence-corrected chi connectivity index (χ0v) is 12.9. The van der Waals surface area contributed by atoms with Crippen LogP contribution in [0.4, 0.5) is 0 Å². The van der Waals surface area contributed by atoms with Crippen molar-refractivity contribution in [1.82, 2.24) is 5.32 Å². The van der Waals surface area contributed by atoms with Crippen molar-refractivity contribution in [3.63, 3.8) is 0 Å². The fourth-order valence-electron chi connectivity index (χ4n) is 2.81. The topological polar surface area (TPSA) is 12.0 Å². The molecule has 0 unspecified atom stereocenters. The summed E-state index contributed by atoms with van der Waals surface area (Å²) >= 11 is 3.54. The summed E-state index contributed by atoms with van der Waals surface area (Å²) in [5, 5.41) is 3.70. The van der Waals surface area contributed by atoms with E-state index in [-0.39, 0.29) is 0 Å². The Bertz CT molecular complexity index is 356. The van der Waals surface area contributed by atoms with Crippen LogP contribution >= 0.6 is 15.9 Å². The van der Waals surface area contributed by atoms with E-state index in [1.165, 1.54) is 55.1 Å². The molecule has 100 valence electrons. The molecule has 0 aromatic heterocycles. The first kappa shape index (κ1) is 14.1. The van der Waals surface area contributed by atoms with Gasteiger partial charge in [0.15, 0.2) is 0 Å². The van der Waals surface area contributed by atoms with Gasteiger partial charge in [-0.2, -0.15) is 0 Å². The Morgan fingerprint density at radius 1 is 1.22 bits per heavy atom. The maximum atomic E-state index is 3.70. The molecule has 1 nitrogen and oxygen atoms in total. The highest BCUT2D eigenvalue weighted by atomic mass is 79.9. The molecule has 1 atom stereocenters. The van der Waals surface area contributed by atoms with Crippen molar-refractivity contribution in [3.8, 4) is 0 Å². The Morgan fingerprint density at radius 3 is 2.61 bits per heavy atom. The van der Waals surface area contributed by atoms with Gasteiger partial charge < -0.3 is 5.32 Å². The van der Waals surface area contributed by atoms with Gasteiger partial charge in [0.2, 0.25) is 0 Å². The number of benzene rings is 1. The van der Waals surface area contributed by atoms with Crippen LogP contribution in [-0.4, -0.2) is 6.54 Å². The predicted molar refractivity (Wildman–Crippen MR) is 81.8 cm³/mol. The summed E-state index contributed by atoms with van der Waals surface area (Å²) in [4.78, 5) is 0. The Balaban J connectivity index is 1.82. The van der Waals surface area contributed by atoms with Crippen LogP contribution in [0.15, 0.2) is 28.7 Å². The molecule has 1 N–H and O–H groups in total. The number of halogens is 1. The van der Waals surface area contributed by atoms with Crippen molar-refractivity contribution in [3.05, 3.63) is 34.3 Å². The minimum absolute atomic E-state index is 0.450. The Labute approximate surface area is 119 Å². The van der Waals surface area contributed by atoms with E-state index in [9.17, 15) is 0 Å². The SMILES string of the molecule is C[C@@H](NCC1CCCCCC1)c1cccc(Br)c1. The van der Waals surface area contributed by atoms with Crippen molar-refractivity contribution in [2.24, 2.45) is 5.92 Å². The maximum Gasteiger partial charge on any atom is 0.0292 e. The third kappa shape index (κ3) is 4.40. The van der Waals surface area contributed by atoms with Crippen LogP contribution in [0.5, 0.6) is 0 Å². The van der Waals surface area contributed by atoms with Gasteiger partial charge in [-0.3, -0.25) is 0 Å². The molecule has 0 amide bonds. The van der Waals surface area contributed by atoms with Gasteiger partial charge in [0.25, 0.3) is 0 Å². The molecular formula is C16H24BrN. The molecule has 0 aliphatic heterocycles. The van der Waals surface area contributed by atoms with Crippen LogP contribution in [0.2, 0.25) is 0 Å². The van der Waals surface area contributed by atoms with E-state index in [2.05, 4.69) is 52.4 Å². The van der Waals surface area contributed by atoms with E-state index >= 15 is 0 Å². The average Bonchev–Trinajstić information content (AvgIpc) is 2.64. The van der Waals surface area contributed by atoms with Crippen molar-refractivity contribution >= 4 is 15.9 Å². The molecule has 2 heteroatoms. The maximum absolute atomic E-state index is 3.70. The Hall–Kier alpha value is -0.340. The molecular weight excluding hydrogens is 286 g/mol. The van der Waals surface area contributed by atoms with Crippen LogP contribution in [-0.2, 0) is 0 Å². The molecule has 1 saturated carbocycles. The van der Waals surface area contributed by atoms with Gasteiger partial charge in [-0.25, -0.2) is 0 Å². The number of nitrogens with one attached hydrogen (secondary N) is 1. The highest BCUT2D eigenvalue weighted by Crippen LogP contribution is 2.23. The number of hydrogen-bond donors (Lipinski definition) is 1. The summed E-state index contributed by atoms with van der Waals surface area (Å²) in [5.74, 6) is 0.891. The molecule has 0 bridgehead atoms. The van der Waals surface area contributed by atoms with Crippen molar-refractivity contribution in [2.45, 2.75) is 51.5 Å². The van der Waals surface area contributed by atoms with E-state index < -0.39 is 0 Å². The zero-order valence-electron chi connectivity index (χ0n) is 11.3. The summed E-state index contributed by atoms with van der Waals surface area (Å²) < 4.78 is 1.17. The van der Waals surface area contributed by atoms with E-state index in [0.717, 1.165) is 5.92 Å². The van der Waals surface area contributed by atoms with Gasteiger partial charge in [-0.15, -0.1) is 0 Å². The quantitative estimate of drug-likeness (QED) is 0.766. The van der Waals surface area contributed by atoms with E-state index in [0.29, 0.717) is 6.04 Å². The Morgan fingerprint density at radius 2 is 1.94 bits per heavy atom. The first-order valence-corrected chi connectivity index (χ1v) is 8.04. The second-order valence-electron chi connectivity index (χ2n) is 5.54. The minimum atomic E-state index is 0.450. The molecule has 0 spiro atoms. The fraction of sp³-hybridized carbons (Fsp3) is 0.625. The van der Waals surface area contributed by atoms with E-state index in [1.54, 1.807) is 0 Å².